The van der Waals surface area contributed by atoms with Crippen molar-refractivity contribution in [3.8, 4) is 0 Å². The number of hydrogen-bond donors (Lipinski definition) is 1. The Labute approximate surface area is 80.8 Å². The van der Waals surface area contributed by atoms with Gasteiger partial charge in [0, 0.05) is 12.6 Å². The summed E-state index contributed by atoms with van der Waals surface area (Å²) in [5, 5.41) is 0. The molecule has 0 aromatic rings. The molecule has 2 N–H and O–H groups in total. The van der Waals surface area contributed by atoms with Crippen LogP contribution in [0.2, 0.25) is 0 Å². The SMILES string of the molecule is CC[C@@H]1C[C@H]1C(N)C1CCCOC1. The molecule has 0 aromatic carbocycles. The minimum Gasteiger partial charge on any atom is -0.381 e. The van der Waals surface area contributed by atoms with Crippen molar-refractivity contribution in [3.63, 3.8) is 0 Å². The lowest BCUT2D eigenvalue weighted by molar-refractivity contribution is 0.0412. The van der Waals surface area contributed by atoms with E-state index in [-0.39, 0.29) is 0 Å². The molecule has 0 spiro atoms. The topological polar surface area (TPSA) is 35.2 Å². The standard InChI is InChI=1S/C11H21NO/c1-2-8-6-10(8)11(12)9-4-3-5-13-7-9/h8-11H,2-7,12H2,1H3/t8-,9?,10-,11?/m1/s1. The molecule has 0 radical (unpaired) electrons. The smallest absolute Gasteiger partial charge is 0.0509 e. The van der Waals surface area contributed by atoms with E-state index in [1.165, 1.54) is 25.7 Å². The molecule has 0 amide bonds. The Bertz CT molecular complexity index is 165. The lowest BCUT2D eigenvalue weighted by atomic mass is 9.90. The third-order valence-electron chi connectivity index (χ3n) is 3.74. The summed E-state index contributed by atoms with van der Waals surface area (Å²) in [6.07, 6.45) is 5.18. The quantitative estimate of drug-likeness (QED) is 0.724. The Morgan fingerprint density at radius 3 is 2.92 bits per heavy atom. The second-order valence-electron chi connectivity index (χ2n) is 4.62. The first kappa shape index (κ1) is 9.47. The predicted octanol–water partition coefficient (Wildman–Crippen LogP) is 1.79. The molecule has 2 unspecified atom stereocenters. The zero-order valence-electron chi connectivity index (χ0n) is 8.54. The molecule has 1 aliphatic heterocycles. The van der Waals surface area contributed by atoms with E-state index in [1.807, 2.05) is 0 Å². The molecule has 2 heteroatoms. The number of nitrogens with two attached hydrogens (primary N) is 1. The van der Waals surface area contributed by atoms with E-state index < -0.39 is 0 Å². The Morgan fingerprint density at radius 1 is 1.54 bits per heavy atom. The van der Waals surface area contributed by atoms with Crippen LogP contribution in [0.4, 0.5) is 0 Å². The molecule has 2 fully saturated rings. The first-order chi connectivity index (χ1) is 6.33. The summed E-state index contributed by atoms with van der Waals surface area (Å²) in [5.74, 6) is 2.39. The van der Waals surface area contributed by atoms with Crippen molar-refractivity contribution >= 4 is 0 Å². The van der Waals surface area contributed by atoms with Crippen LogP contribution < -0.4 is 5.73 Å². The van der Waals surface area contributed by atoms with Crippen molar-refractivity contribution in [1.29, 1.82) is 0 Å². The van der Waals surface area contributed by atoms with Crippen LogP contribution in [0.15, 0.2) is 0 Å². The summed E-state index contributed by atoms with van der Waals surface area (Å²) in [5.41, 5.74) is 6.24. The molecular weight excluding hydrogens is 162 g/mol. The second-order valence-corrected chi connectivity index (χ2v) is 4.62. The number of ether oxygens (including phenoxy) is 1. The van der Waals surface area contributed by atoms with Crippen LogP contribution in [0.5, 0.6) is 0 Å². The van der Waals surface area contributed by atoms with Gasteiger partial charge in [0.25, 0.3) is 0 Å². The van der Waals surface area contributed by atoms with Gasteiger partial charge in [-0.05, 0) is 37.0 Å². The van der Waals surface area contributed by atoms with Crippen molar-refractivity contribution in [2.24, 2.45) is 23.5 Å². The Kier molecular flexibility index (Phi) is 2.89. The van der Waals surface area contributed by atoms with Gasteiger partial charge >= 0.3 is 0 Å². The third kappa shape index (κ3) is 2.05. The van der Waals surface area contributed by atoms with E-state index in [1.54, 1.807) is 0 Å². The Hall–Kier alpha value is -0.0800. The minimum absolute atomic E-state index is 0.422. The van der Waals surface area contributed by atoms with E-state index in [0.717, 1.165) is 25.0 Å². The first-order valence-corrected chi connectivity index (χ1v) is 5.66. The Morgan fingerprint density at radius 2 is 2.38 bits per heavy atom. The molecule has 2 nitrogen and oxygen atoms in total. The molecule has 0 aromatic heterocycles. The molecule has 1 heterocycles. The predicted molar refractivity (Wildman–Crippen MR) is 53.4 cm³/mol. The first-order valence-electron chi connectivity index (χ1n) is 5.66. The van der Waals surface area contributed by atoms with Crippen molar-refractivity contribution in [3.05, 3.63) is 0 Å². The summed E-state index contributed by atoms with van der Waals surface area (Å²) in [6, 6.07) is 0.422. The molecule has 13 heavy (non-hydrogen) atoms. The van der Waals surface area contributed by atoms with Crippen LogP contribution in [0, 0.1) is 17.8 Å². The van der Waals surface area contributed by atoms with E-state index in [2.05, 4.69) is 6.92 Å². The van der Waals surface area contributed by atoms with Gasteiger partial charge in [-0.1, -0.05) is 13.3 Å². The van der Waals surface area contributed by atoms with Gasteiger partial charge in [-0.15, -0.1) is 0 Å². The minimum atomic E-state index is 0.422. The summed E-state index contributed by atoms with van der Waals surface area (Å²) in [7, 11) is 0. The average Bonchev–Trinajstić information content (AvgIpc) is 2.97. The molecule has 4 atom stereocenters. The third-order valence-corrected chi connectivity index (χ3v) is 3.74. The van der Waals surface area contributed by atoms with Crippen LogP contribution in [0.25, 0.3) is 0 Å². The monoisotopic (exact) mass is 183 g/mol. The average molecular weight is 183 g/mol. The number of rotatable bonds is 3. The maximum Gasteiger partial charge on any atom is 0.0509 e. The van der Waals surface area contributed by atoms with E-state index in [0.29, 0.717) is 12.0 Å². The maximum absolute atomic E-state index is 6.24. The highest BCUT2D eigenvalue weighted by molar-refractivity contribution is 4.95. The zero-order valence-corrected chi connectivity index (χ0v) is 8.54. The van der Waals surface area contributed by atoms with Crippen molar-refractivity contribution in [1.82, 2.24) is 0 Å². The van der Waals surface area contributed by atoms with Crippen molar-refractivity contribution in [2.75, 3.05) is 13.2 Å². The number of hydrogen-bond acceptors (Lipinski definition) is 2. The van der Waals surface area contributed by atoms with Crippen LogP contribution in [0.3, 0.4) is 0 Å². The maximum atomic E-state index is 6.24. The molecule has 76 valence electrons. The van der Waals surface area contributed by atoms with Gasteiger partial charge in [0.2, 0.25) is 0 Å². The lowest BCUT2D eigenvalue weighted by Crippen LogP contribution is -2.37. The van der Waals surface area contributed by atoms with Gasteiger partial charge in [0.15, 0.2) is 0 Å². The summed E-state index contributed by atoms with van der Waals surface area (Å²) >= 11 is 0. The van der Waals surface area contributed by atoms with Gasteiger partial charge in [0.05, 0.1) is 6.61 Å². The van der Waals surface area contributed by atoms with E-state index >= 15 is 0 Å². The lowest BCUT2D eigenvalue weighted by Gasteiger charge is -2.27. The summed E-state index contributed by atoms with van der Waals surface area (Å²) in [6.45, 7) is 4.13. The highest BCUT2D eigenvalue weighted by Crippen LogP contribution is 2.45. The normalized spacial score (nSPS) is 41.5. The Balaban J connectivity index is 1.79. The summed E-state index contributed by atoms with van der Waals surface area (Å²) in [4.78, 5) is 0. The molecule has 2 aliphatic rings. The van der Waals surface area contributed by atoms with Gasteiger partial charge in [-0.25, -0.2) is 0 Å². The van der Waals surface area contributed by atoms with E-state index in [4.69, 9.17) is 10.5 Å². The fourth-order valence-corrected chi connectivity index (χ4v) is 2.63. The molecule has 2 rings (SSSR count). The van der Waals surface area contributed by atoms with Gasteiger partial charge in [-0.2, -0.15) is 0 Å². The molecule has 1 saturated heterocycles. The van der Waals surface area contributed by atoms with E-state index in [9.17, 15) is 0 Å². The van der Waals surface area contributed by atoms with Gasteiger partial charge in [-0.3, -0.25) is 0 Å². The summed E-state index contributed by atoms with van der Waals surface area (Å²) < 4.78 is 5.47. The molecule has 0 bridgehead atoms. The van der Waals surface area contributed by atoms with Crippen LogP contribution in [-0.2, 0) is 4.74 Å². The highest BCUT2D eigenvalue weighted by Gasteiger charge is 2.42. The van der Waals surface area contributed by atoms with Gasteiger partial charge in [0.1, 0.15) is 0 Å². The fourth-order valence-electron chi connectivity index (χ4n) is 2.63. The van der Waals surface area contributed by atoms with Crippen molar-refractivity contribution < 1.29 is 4.74 Å². The molecular formula is C11H21NO. The second kappa shape index (κ2) is 3.97. The van der Waals surface area contributed by atoms with Crippen LogP contribution in [-0.4, -0.2) is 19.3 Å². The zero-order chi connectivity index (χ0) is 9.26. The van der Waals surface area contributed by atoms with Gasteiger partial charge < -0.3 is 10.5 Å². The van der Waals surface area contributed by atoms with Crippen LogP contribution >= 0.6 is 0 Å². The fraction of sp³-hybridized carbons (Fsp3) is 1.00. The van der Waals surface area contributed by atoms with Crippen LogP contribution in [0.1, 0.15) is 32.6 Å². The molecule has 1 saturated carbocycles. The largest absolute Gasteiger partial charge is 0.381 e. The van der Waals surface area contributed by atoms with Crippen molar-refractivity contribution in [2.45, 2.75) is 38.6 Å². The molecule has 1 aliphatic carbocycles. The highest BCUT2D eigenvalue weighted by atomic mass is 16.5.